The third-order valence-corrected chi connectivity index (χ3v) is 5.15. The van der Waals surface area contributed by atoms with E-state index >= 15 is 0 Å². The standard InChI is InChI=1S/C20H23FN4O2/c21-14-3-1-13(2-4-14)17-10-18(17)22-11-16-9-19(24-12-23-16)20(26)25-15-5-7-27-8-6-15/h1-4,9,12,15,17-18,22H,5-8,10-11H2,(H,25,26)/t17-,18+/m0/s1. The van der Waals surface area contributed by atoms with E-state index in [9.17, 15) is 9.18 Å². The minimum absolute atomic E-state index is 0.144. The van der Waals surface area contributed by atoms with Gasteiger partial charge in [0.05, 0.1) is 5.69 Å². The number of aromatic nitrogens is 2. The first-order valence-corrected chi connectivity index (χ1v) is 9.37. The monoisotopic (exact) mass is 370 g/mol. The molecule has 2 heterocycles. The number of nitrogens with one attached hydrogen (secondary N) is 2. The molecule has 1 saturated heterocycles. The van der Waals surface area contributed by atoms with Crippen molar-refractivity contribution in [3.05, 3.63) is 59.4 Å². The number of carbonyl (C=O) groups is 1. The van der Waals surface area contributed by atoms with Crippen LogP contribution in [0.1, 0.15) is 46.9 Å². The molecule has 0 bridgehead atoms. The first kappa shape index (κ1) is 18.0. The molecule has 2 aromatic rings. The van der Waals surface area contributed by atoms with E-state index in [0.29, 0.717) is 37.4 Å². The molecule has 2 aliphatic rings. The van der Waals surface area contributed by atoms with Gasteiger partial charge in [0.25, 0.3) is 5.91 Å². The zero-order valence-corrected chi connectivity index (χ0v) is 15.0. The predicted molar refractivity (Wildman–Crippen MR) is 97.7 cm³/mol. The minimum Gasteiger partial charge on any atom is -0.381 e. The van der Waals surface area contributed by atoms with Gasteiger partial charge in [-0.2, -0.15) is 0 Å². The SMILES string of the molecule is O=C(NC1CCOCC1)c1cc(CN[C@@H]2C[C@H]2c2ccc(F)cc2)ncn1. The third-order valence-electron chi connectivity index (χ3n) is 5.15. The van der Waals surface area contributed by atoms with Gasteiger partial charge in [-0.25, -0.2) is 14.4 Å². The van der Waals surface area contributed by atoms with Crippen molar-refractivity contribution in [1.82, 2.24) is 20.6 Å². The summed E-state index contributed by atoms with van der Waals surface area (Å²) in [6, 6.07) is 8.90. The van der Waals surface area contributed by atoms with Crippen LogP contribution in [0.2, 0.25) is 0 Å². The van der Waals surface area contributed by atoms with Crippen molar-refractivity contribution in [3.63, 3.8) is 0 Å². The molecule has 2 fully saturated rings. The molecule has 6 nitrogen and oxygen atoms in total. The summed E-state index contributed by atoms with van der Waals surface area (Å²) < 4.78 is 18.3. The fraction of sp³-hybridized carbons (Fsp3) is 0.450. The summed E-state index contributed by atoms with van der Waals surface area (Å²) in [5.74, 6) is 0.0290. The van der Waals surface area contributed by atoms with E-state index < -0.39 is 0 Å². The van der Waals surface area contributed by atoms with Crippen LogP contribution in [-0.2, 0) is 11.3 Å². The highest BCUT2D eigenvalue weighted by Gasteiger charge is 2.37. The molecule has 1 saturated carbocycles. The summed E-state index contributed by atoms with van der Waals surface area (Å²) in [4.78, 5) is 20.7. The van der Waals surface area contributed by atoms with Crippen LogP contribution in [0.15, 0.2) is 36.7 Å². The van der Waals surface area contributed by atoms with Gasteiger partial charge >= 0.3 is 0 Å². The van der Waals surface area contributed by atoms with Crippen LogP contribution < -0.4 is 10.6 Å². The summed E-state index contributed by atoms with van der Waals surface area (Å²) >= 11 is 0. The summed E-state index contributed by atoms with van der Waals surface area (Å²) in [5, 5.41) is 6.46. The fourth-order valence-corrected chi connectivity index (χ4v) is 3.45. The quantitative estimate of drug-likeness (QED) is 0.815. The number of carbonyl (C=O) groups excluding carboxylic acids is 1. The maximum absolute atomic E-state index is 13.0. The smallest absolute Gasteiger partial charge is 0.270 e. The normalized spacial score (nSPS) is 22.4. The van der Waals surface area contributed by atoms with Crippen LogP contribution in [0.5, 0.6) is 0 Å². The number of halogens is 1. The fourth-order valence-electron chi connectivity index (χ4n) is 3.45. The Morgan fingerprint density at radius 3 is 2.74 bits per heavy atom. The zero-order valence-electron chi connectivity index (χ0n) is 15.0. The highest BCUT2D eigenvalue weighted by atomic mass is 19.1. The van der Waals surface area contributed by atoms with Gasteiger partial charge in [-0.1, -0.05) is 12.1 Å². The Kier molecular flexibility index (Phi) is 5.40. The molecule has 4 rings (SSSR count). The summed E-state index contributed by atoms with van der Waals surface area (Å²) in [5.41, 5.74) is 2.32. The summed E-state index contributed by atoms with van der Waals surface area (Å²) in [7, 11) is 0. The van der Waals surface area contributed by atoms with Gasteiger partial charge in [0.1, 0.15) is 17.8 Å². The number of ether oxygens (including phenoxy) is 1. The first-order valence-electron chi connectivity index (χ1n) is 9.37. The van der Waals surface area contributed by atoms with Crippen LogP contribution in [0.4, 0.5) is 4.39 Å². The average Bonchev–Trinajstić information content (AvgIpc) is 3.48. The molecule has 1 aromatic carbocycles. The number of amides is 1. The lowest BCUT2D eigenvalue weighted by atomic mass is 10.1. The molecular weight excluding hydrogens is 347 g/mol. The molecule has 142 valence electrons. The van der Waals surface area contributed by atoms with Gasteiger partial charge < -0.3 is 15.4 Å². The van der Waals surface area contributed by atoms with E-state index in [-0.39, 0.29) is 17.8 Å². The van der Waals surface area contributed by atoms with Gasteiger partial charge in [-0.05, 0) is 43.0 Å². The number of hydrogen-bond donors (Lipinski definition) is 2. The molecule has 2 N–H and O–H groups in total. The van der Waals surface area contributed by atoms with Crippen LogP contribution in [0, 0.1) is 5.82 Å². The lowest BCUT2D eigenvalue weighted by molar-refractivity contribution is 0.0694. The lowest BCUT2D eigenvalue weighted by Gasteiger charge is -2.22. The topological polar surface area (TPSA) is 76.1 Å². The van der Waals surface area contributed by atoms with Crippen LogP contribution in [0.25, 0.3) is 0 Å². The van der Waals surface area contributed by atoms with E-state index in [0.717, 1.165) is 30.5 Å². The molecule has 0 spiro atoms. The minimum atomic E-state index is -0.212. The molecule has 1 amide bonds. The Morgan fingerprint density at radius 2 is 1.96 bits per heavy atom. The van der Waals surface area contributed by atoms with Gasteiger partial charge in [-0.15, -0.1) is 0 Å². The second kappa shape index (κ2) is 8.10. The number of rotatable bonds is 6. The molecule has 0 radical (unpaired) electrons. The molecule has 0 unspecified atom stereocenters. The van der Waals surface area contributed by atoms with Crippen molar-refractivity contribution in [2.75, 3.05) is 13.2 Å². The van der Waals surface area contributed by atoms with Crippen molar-refractivity contribution in [1.29, 1.82) is 0 Å². The van der Waals surface area contributed by atoms with E-state index in [1.807, 2.05) is 12.1 Å². The van der Waals surface area contributed by atoms with Crippen LogP contribution >= 0.6 is 0 Å². The van der Waals surface area contributed by atoms with Crippen molar-refractivity contribution in [3.8, 4) is 0 Å². The second-order valence-electron chi connectivity index (χ2n) is 7.14. The van der Waals surface area contributed by atoms with Crippen LogP contribution in [0.3, 0.4) is 0 Å². The largest absolute Gasteiger partial charge is 0.381 e. The van der Waals surface area contributed by atoms with Crippen LogP contribution in [-0.4, -0.2) is 41.2 Å². The molecule has 1 aromatic heterocycles. The van der Waals surface area contributed by atoms with Gasteiger partial charge in [-0.3, -0.25) is 4.79 Å². The first-order chi connectivity index (χ1) is 13.2. The molecule has 27 heavy (non-hydrogen) atoms. The maximum Gasteiger partial charge on any atom is 0.270 e. The van der Waals surface area contributed by atoms with E-state index in [2.05, 4.69) is 20.6 Å². The maximum atomic E-state index is 13.0. The Hall–Kier alpha value is -2.38. The van der Waals surface area contributed by atoms with E-state index in [1.165, 1.54) is 18.5 Å². The second-order valence-corrected chi connectivity index (χ2v) is 7.14. The molecule has 7 heteroatoms. The van der Waals surface area contributed by atoms with E-state index in [4.69, 9.17) is 4.74 Å². The van der Waals surface area contributed by atoms with Gasteiger partial charge in [0.2, 0.25) is 0 Å². The van der Waals surface area contributed by atoms with Crippen molar-refractivity contribution < 1.29 is 13.9 Å². The average molecular weight is 370 g/mol. The summed E-state index contributed by atoms with van der Waals surface area (Å²) in [6.07, 6.45) is 4.11. The Balaban J connectivity index is 1.29. The van der Waals surface area contributed by atoms with Crippen molar-refractivity contribution >= 4 is 5.91 Å². The van der Waals surface area contributed by atoms with Crippen molar-refractivity contribution in [2.24, 2.45) is 0 Å². The Bertz CT molecular complexity index is 793. The Labute approximate surface area is 157 Å². The van der Waals surface area contributed by atoms with E-state index in [1.54, 1.807) is 6.07 Å². The predicted octanol–water partition coefficient (Wildman–Crippen LogP) is 2.17. The number of benzene rings is 1. The highest BCUT2D eigenvalue weighted by molar-refractivity contribution is 5.92. The Morgan fingerprint density at radius 1 is 1.19 bits per heavy atom. The molecule has 2 atom stereocenters. The summed E-state index contributed by atoms with van der Waals surface area (Å²) in [6.45, 7) is 1.93. The van der Waals surface area contributed by atoms with Crippen molar-refractivity contribution in [2.45, 2.75) is 43.8 Å². The van der Waals surface area contributed by atoms with Gasteiger partial charge in [0.15, 0.2) is 0 Å². The lowest BCUT2D eigenvalue weighted by Crippen LogP contribution is -2.39. The molecule has 1 aliphatic carbocycles. The van der Waals surface area contributed by atoms with Gasteiger partial charge in [0, 0.05) is 37.8 Å². The number of hydrogen-bond acceptors (Lipinski definition) is 5. The number of nitrogens with zero attached hydrogens (tertiary/aromatic N) is 2. The third kappa shape index (κ3) is 4.67. The highest BCUT2D eigenvalue weighted by Crippen LogP contribution is 2.40. The molecular formula is C20H23FN4O2. The zero-order chi connectivity index (χ0) is 18.6. The molecule has 1 aliphatic heterocycles.